The number of rotatable bonds is 7. The smallest absolute Gasteiger partial charge is 0.248 e. The van der Waals surface area contributed by atoms with Gasteiger partial charge in [0, 0.05) is 12.3 Å². The maximum atomic E-state index is 12.5. The molecular weight excluding hydrogens is 390 g/mol. The molecule has 0 radical (unpaired) electrons. The summed E-state index contributed by atoms with van der Waals surface area (Å²) in [4.78, 5) is 23.8. The standard InChI is InChI=1S/C23H31N7O/c1-24-29-22(30(2)3)17-11-9-16(10-12-17)19-14-25-20-21(27-19)26-18(23(31)28-20)13-15-7-5-4-6-8-15/h9-12,14-15,18,22,29H,1,4-8,13H2,2-3H3,(H,26,27)(H,25,28,31)/t18-,22?/m0/s1. The molecule has 1 amide bonds. The molecular formula is C23H31N7O. The van der Waals surface area contributed by atoms with Gasteiger partial charge in [-0.3, -0.25) is 15.1 Å². The van der Waals surface area contributed by atoms with Crippen molar-refractivity contribution < 1.29 is 4.79 Å². The van der Waals surface area contributed by atoms with Gasteiger partial charge in [-0.25, -0.2) is 9.97 Å². The van der Waals surface area contributed by atoms with Crippen LogP contribution in [0.4, 0.5) is 11.6 Å². The molecule has 0 bridgehead atoms. The van der Waals surface area contributed by atoms with Crippen LogP contribution >= 0.6 is 0 Å². The van der Waals surface area contributed by atoms with Gasteiger partial charge in [0.15, 0.2) is 11.6 Å². The maximum absolute atomic E-state index is 12.5. The van der Waals surface area contributed by atoms with Gasteiger partial charge in [-0.05, 0) is 32.0 Å². The van der Waals surface area contributed by atoms with Crippen LogP contribution in [0.15, 0.2) is 35.6 Å². The number of carbonyl (C=O) groups is 1. The molecule has 1 fully saturated rings. The quantitative estimate of drug-likeness (QED) is 0.359. The summed E-state index contributed by atoms with van der Waals surface area (Å²) in [6.45, 7) is 3.52. The molecule has 1 unspecified atom stereocenters. The lowest BCUT2D eigenvalue weighted by molar-refractivity contribution is -0.117. The molecule has 2 aliphatic rings. The Morgan fingerprint density at radius 3 is 2.61 bits per heavy atom. The number of hydrogen-bond acceptors (Lipinski definition) is 7. The molecule has 2 aromatic rings. The predicted octanol–water partition coefficient (Wildman–Crippen LogP) is 3.61. The summed E-state index contributed by atoms with van der Waals surface area (Å²) < 4.78 is 0. The number of amides is 1. The third-order valence-corrected chi connectivity index (χ3v) is 6.19. The first kappa shape index (κ1) is 21.2. The predicted molar refractivity (Wildman–Crippen MR) is 124 cm³/mol. The van der Waals surface area contributed by atoms with E-state index in [4.69, 9.17) is 4.98 Å². The Balaban J connectivity index is 1.51. The van der Waals surface area contributed by atoms with Gasteiger partial charge >= 0.3 is 0 Å². The first-order valence-electron chi connectivity index (χ1n) is 11.0. The molecule has 8 nitrogen and oxygen atoms in total. The third-order valence-electron chi connectivity index (χ3n) is 6.19. The molecule has 0 saturated heterocycles. The van der Waals surface area contributed by atoms with Crippen LogP contribution in [-0.4, -0.2) is 47.6 Å². The van der Waals surface area contributed by atoms with Crippen LogP contribution in [0.25, 0.3) is 11.3 Å². The van der Waals surface area contributed by atoms with Crippen LogP contribution < -0.4 is 16.1 Å². The van der Waals surface area contributed by atoms with E-state index in [1.165, 1.54) is 32.1 Å². The number of carbonyl (C=O) groups excluding carboxylic acids is 1. The normalized spacial score (nSPS) is 19.8. The largest absolute Gasteiger partial charge is 0.355 e. The Bertz CT molecular complexity index is 922. The number of benzene rings is 1. The lowest BCUT2D eigenvalue weighted by Crippen LogP contribution is -2.41. The fraction of sp³-hybridized carbons (Fsp3) is 0.478. The second kappa shape index (κ2) is 9.43. The highest BCUT2D eigenvalue weighted by Gasteiger charge is 2.30. The van der Waals surface area contributed by atoms with Gasteiger partial charge in [0.1, 0.15) is 12.2 Å². The molecule has 1 aromatic carbocycles. The minimum atomic E-state index is -0.249. The molecule has 3 N–H and O–H groups in total. The molecule has 0 spiro atoms. The van der Waals surface area contributed by atoms with Crippen molar-refractivity contribution in [2.24, 2.45) is 11.0 Å². The Morgan fingerprint density at radius 1 is 1.19 bits per heavy atom. The topological polar surface area (TPSA) is 94.5 Å². The number of nitrogens with one attached hydrogen (secondary N) is 3. The summed E-state index contributed by atoms with van der Waals surface area (Å²) in [5.41, 5.74) is 5.81. The van der Waals surface area contributed by atoms with E-state index in [2.05, 4.69) is 32.9 Å². The van der Waals surface area contributed by atoms with Crippen molar-refractivity contribution in [2.75, 3.05) is 24.7 Å². The Hall–Kier alpha value is -3.00. The number of nitrogens with zero attached hydrogens (tertiary/aromatic N) is 4. The van der Waals surface area contributed by atoms with Gasteiger partial charge in [-0.1, -0.05) is 56.4 Å². The van der Waals surface area contributed by atoms with Crippen LogP contribution in [0.2, 0.25) is 0 Å². The van der Waals surface area contributed by atoms with Crippen molar-refractivity contribution >= 4 is 24.3 Å². The van der Waals surface area contributed by atoms with E-state index < -0.39 is 0 Å². The van der Waals surface area contributed by atoms with E-state index in [-0.39, 0.29) is 18.1 Å². The number of hydrazone groups is 1. The lowest BCUT2D eigenvalue weighted by atomic mass is 9.84. The van der Waals surface area contributed by atoms with Gasteiger partial charge in [-0.2, -0.15) is 5.10 Å². The van der Waals surface area contributed by atoms with Crippen molar-refractivity contribution in [1.82, 2.24) is 20.3 Å². The first-order chi connectivity index (χ1) is 15.0. The zero-order valence-corrected chi connectivity index (χ0v) is 18.3. The minimum absolute atomic E-state index is 0.0115. The van der Waals surface area contributed by atoms with Crippen LogP contribution in [0.3, 0.4) is 0 Å². The summed E-state index contributed by atoms with van der Waals surface area (Å²) in [7, 11) is 3.96. The van der Waals surface area contributed by atoms with Crippen molar-refractivity contribution in [3.8, 4) is 11.3 Å². The van der Waals surface area contributed by atoms with Crippen LogP contribution in [0, 0.1) is 5.92 Å². The molecule has 8 heteroatoms. The monoisotopic (exact) mass is 421 g/mol. The molecule has 4 rings (SSSR count). The van der Waals surface area contributed by atoms with E-state index in [1.54, 1.807) is 6.20 Å². The molecule has 164 valence electrons. The molecule has 2 atom stereocenters. The summed E-state index contributed by atoms with van der Waals surface area (Å²) in [5.74, 6) is 1.73. The van der Waals surface area contributed by atoms with E-state index in [9.17, 15) is 4.79 Å². The molecule has 1 aliphatic carbocycles. The molecule has 1 saturated carbocycles. The number of hydrogen-bond donors (Lipinski definition) is 3. The molecule has 2 heterocycles. The Kier molecular flexibility index (Phi) is 6.46. The minimum Gasteiger partial charge on any atom is -0.355 e. The fourth-order valence-corrected chi connectivity index (χ4v) is 4.49. The molecule has 1 aliphatic heterocycles. The van der Waals surface area contributed by atoms with Crippen LogP contribution in [0.1, 0.15) is 50.3 Å². The highest BCUT2D eigenvalue weighted by molar-refractivity contribution is 6.01. The van der Waals surface area contributed by atoms with Gasteiger partial charge in [0.2, 0.25) is 5.91 Å². The molecule has 31 heavy (non-hydrogen) atoms. The Labute approximate surface area is 183 Å². The zero-order chi connectivity index (χ0) is 21.8. The highest BCUT2D eigenvalue weighted by Crippen LogP contribution is 2.32. The highest BCUT2D eigenvalue weighted by atomic mass is 16.2. The van der Waals surface area contributed by atoms with Gasteiger partial charge in [0.25, 0.3) is 0 Å². The Morgan fingerprint density at radius 2 is 1.94 bits per heavy atom. The van der Waals surface area contributed by atoms with Crippen molar-refractivity contribution in [3.05, 3.63) is 36.0 Å². The molecule has 1 aromatic heterocycles. The third kappa shape index (κ3) is 4.85. The summed E-state index contributed by atoms with van der Waals surface area (Å²) in [5, 5.41) is 10.1. The average Bonchev–Trinajstić information content (AvgIpc) is 2.78. The fourth-order valence-electron chi connectivity index (χ4n) is 4.49. The number of anilines is 2. The lowest BCUT2D eigenvalue weighted by Gasteiger charge is -2.30. The average molecular weight is 422 g/mol. The van der Waals surface area contributed by atoms with Crippen LogP contribution in [0.5, 0.6) is 0 Å². The van der Waals surface area contributed by atoms with E-state index >= 15 is 0 Å². The second-order valence-corrected chi connectivity index (χ2v) is 8.65. The summed E-state index contributed by atoms with van der Waals surface area (Å²) in [6.07, 6.45) is 8.75. The maximum Gasteiger partial charge on any atom is 0.248 e. The van der Waals surface area contributed by atoms with E-state index in [0.717, 1.165) is 23.2 Å². The number of fused-ring (bicyclic) bond motifs is 1. The SMILES string of the molecule is C=NNC(c1ccc(-c2cnc3c(n2)N[C@@H](CC2CCCCC2)C(=O)N3)cc1)N(C)C. The van der Waals surface area contributed by atoms with E-state index in [1.807, 2.05) is 43.3 Å². The number of aromatic nitrogens is 2. The second-order valence-electron chi connectivity index (χ2n) is 8.65. The van der Waals surface area contributed by atoms with Gasteiger partial charge in [0.05, 0.1) is 11.9 Å². The first-order valence-corrected chi connectivity index (χ1v) is 11.0. The van der Waals surface area contributed by atoms with Gasteiger partial charge < -0.3 is 10.6 Å². The summed E-state index contributed by atoms with van der Waals surface area (Å²) >= 11 is 0. The van der Waals surface area contributed by atoms with Crippen molar-refractivity contribution in [2.45, 2.75) is 50.7 Å². The van der Waals surface area contributed by atoms with E-state index in [0.29, 0.717) is 17.6 Å². The van der Waals surface area contributed by atoms with Crippen molar-refractivity contribution in [1.29, 1.82) is 0 Å². The van der Waals surface area contributed by atoms with Crippen LogP contribution in [-0.2, 0) is 4.79 Å². The zero-order valence-electron chi connectivity index (χ0n) is 18.3. The van der Waals surface area contributed by atoms with Gasteiger partial charge in [-0.15, -0.1) is 0 Å². The summed E-state index contributed by atoms with van der Waals surface area (Å²) in [6, 6.07) is 7.88. The van der Waals surface area contributed by atoms with Crippen molar-refractivity contribution in [3.63, 3.8) is 0 Å².